The molecule has 0 saturated carbocycles. The van der Waals surface area contributed by atoms with Crippen molar-refractivity contribution in [2.24, 2.45) is 5.41 Å². The van der Waals surface area contributed by atoms with Gasteiger partial charge in [0.25, 0.3) is 0 Å². The average Bonchev–Trinajstić information content (AvgIpc) is 2.39. The van der Waals surface area contributed by atoms with Gasteiger partial charge in [-0.2, -0.15) is 0 Å². The molecule has 3 nitrogen and oxygen atoms in total. The third-order valence-corrected chi connectivity index (χ3v) is 3.21. The number of likely N-dealkylation sites (N-methyl/N-ethyl adjacent to an activating group) is 2. The van der Waals surface area contributed by atoms with Crippen molar-refractivity contribution in [3.05, 3.63) is 0 Å². The minimum atomic E-state index is 0.310. The zero-order valence-electron chi connectivity index (χ0n) is 8.37. The molecule has 2 heterocycles. The molecule has 0 spiro atoms. The van der Waals surface area contributed by atoms with E-state index < -0.39 is 0 Å². The van der Waals surface area contributed by atoms with Crippen LogP contribution in [0.5, 0.6) is 0 Å². The maximum absolute atomic E-state index is 5.75. The smallest absolute Gasteiger partial charge is 0.0891 e. The van der Waals surface area contributed by atoms with Gasteiger partial charge in [-0.05, 0) is 0 Å². The molecule has 0 bridgehead atoms. The van der Waals surface area contributed by atoms with Gasteiger partial charge in [0.15, 0.2) is 0 Å². The van der Waals surface area contributed by atoms with Crippen LogP contribution in [0.2, 0.25) is 0 Å². The van der Waals surface area contributed by atoms with E-state index in [1.165, 1.54) is 0 Å². The summed E-state index contributed by atoms with van der Waals surface area (Å²) in [6.45, 7) is 6.52. The number of hydrazine groups is 1. The molecule has 0 unspecified atom stereocenters. The Kier molecular flexibility index (Phi) is 1.72. The molecular formula is C9H18N2O. The molecule has 2 aliphatic heterocycles. The van der Waals surface area contributed by atoms with Crippen molar-refractivity contribution in [3.63, 3.8) is 0 Å². The second-order valence-corrected chi connectivity index (χ2v) is 4.70. The number of ether oxygens (including phenoxy) is 1. The van der Waals surface area contributed by atoms with Gasteiger partial charge in [-0.15, -0.1) is 0 Å². The fourth-order valence-corrected chi connectivity index (χ4v) is 2.50. The van der Waals surface area contributed by atoms with E-state index >= 15 is 0 Å². The van der Waals surface area contributed by atoms with Crippen molar-refractivity contribution < 1.29 is 4.74 Å². The molecule has 0 aliphatic carbocycles. The second-order valence-electron chi connectivity index (χ2n) is 4.70. The first-order valence-electron chi connectivity index (χ1n) is 4.58. The van der Waals surface area contributed by atoms with Crippen molar-refractivity contribution in [2.45, 2.75) is 26.0 Å². The lowest BCUT2D eigenvalue weighted by atomic mass is 9.85. The molecule has 0 radical (unpaired) electrons. The Bertz CT molecular complexity index is 191. The third-order valence-electron chi connectivity index (χ3n) is 3.21. The van der Waals surface area contributed by atoms with Gasteiger partial charge in [-0.3, -0.25) is 0 Å². The molecule has 2 rings (SSSR count). The van der Waals surface area contributed by atoms with Crippen LogP contribution >= 0.6 is 0 Å². The van der Waals surface area contributed by atoms with Crippen LogP contribution in [0.3, 0.4) is 0 Å². The highest BCUT2D eigenvalue weighted by Gasteiger charge is 2.50. The second kappa shape index (κ2) is 2.44. The molecule has 0 aromatic carbocycles. The Morgan fingerprint density at radius 2 is 2.00 bits per heavy atom. The van der Waals surface area contributed by atoms with Gasteiger partial charge in [0, 0.05) is 26.1 Å². The molecular weight excluding hydrogens is 152 g/mol. The van der Waals surface area contributed by atoms with Crippen molar-refractivity contribution in [3.8, 4) is 0 Å². The monoisotopic (exact) mass is 170 g/mol. The minimum Gasteiger partial charge on any atom is -0.374 e. The predicted octanol–water partition coefficient (Wildman–Crippen LogP) is 0.572. The predicted molar refractivity (Wildman–Crippen MR) is 47.7 cm³/mol. The van der Waals surface area contributed by atoms with E-state index in [-0.39, 0.29) is 0 Å². The molecule has 0 amide bonds. The van der Waals surface area contributed by atoms with Gasteiger partial charge in [-0.25, -0.2) is 10.0 Å². The maximum Gasteiger partial charge on any atom is 0.0891 e. The van der Waals surface area contributed by atoms with Crippen LogP contribution in [0.1, 0.15) is 13.8 Å². The molecule has 0 N–H and O–H groups in total. The fraction of sp³-hybridized carbons (Fsp3) is 1.00. The quantitative estimate of drug-likeness (QED) is 0.528. The summed E-state index contributed by atoms with van der Waals surface area (Å²) in [6, 6.07) is 0.572. The third kappa shape index (κ3) is 1.00. The molecule has 2 fully saturated rings. The standard InChI is InChI=1S/C9H18N2O/c1-9(2)6-12-7-5-10(3)11(4)8(7)9/h7-8H,5-6H2,1-4H3/t7-,8+/m1/s1. The van der Waals surface area contributed by atoms with Gasteiger partial charge in [-0.1, -0.05) is 13.8 Å². The van der Waals surface area contributed by atoms with E-state index in [1.54, 1.807) is 0 Å². The van der Waals surface area contributed by atoms with Gasteiger partial charge < -0.3 is 4.74 Å². The Labute approximate surface area is 74.3 Å². The number of fused-ring (bicyclic) bond motifs is 1. The molecule has 12 heavy (non-hydrogen) atoms. The van der Waals surface area contributed by atoms with Crippen LogP contribution in [0, 0.1) is 5.41 Å². The summed E-state index contributed by atoms with van der Waals surface area (Å²) in [7, 11) is 4.28. The normalized spacial score (nSPS) is 42.0. The zero-order chi connectivity index (χ0) is 8.93. The number of nitrogens with zero attached hydrogens (tertiary/aromatic N) is 2. The molecule has 0 aromatic heterocycles. The van der Waals surface area contributed by atoms with E-state index in [9.17, 15) is 0 Å². The molecule has 0 aromatic rings. The minimum absolute atomic E-state index is 0.310. The number of hydrogen-bond donors (Lipinski definition) is 0. The highest BCUT2D eigenvalue weighted by Crippen LogP contribution is 2.39. The number of rotatable bonds is 0. The van der Waals surface area contributed by atoms with Gasteiger partial charge in [0.1, 0.15) is 0 Å². The van der Waals surface area contributed by atoms with Crippen LogP contribution in [-0.4, -0.2) is 49.4 Å². The van der Waals surface area contributed by atoms with Gasteiger partial charge in [0.05, 0.1) is 18.8 Å². The SMILES string of the molecule is CN1C[C@H]2OCC(C)(C)[C@H]2N1C. The first-order valence-corrected chi connectivity index (χ1v) is 4.58. The maximum atomic E-state index is 5.75. The van der Waals surface area contributed by atoms with E-state index in [2.05, 4.69) is 38.0 Å². The Morgan fingerprint density at radius 3 is 2.58 bits per heavy atom. The van der Waals surface area contributed by atoms with Crippen molar-refractivity contribution in [2.75, 3.05) is 27.2 Å². The Balaban J connectivity index is 2.21. The van der Waals surface area contributed by atoms with Crippen molar-refractivity contribution in [1.29, 1.82) is 0 Å². The lowest BCUT2D eigenvalue weighted by Crippen LogP contribution is -2.43. The highest BCUT2D eigenvalue weighted by atomic mass is 16.5. The molecule has 2 saturated heterocycles. The van der Waals surface area contributed by atoms with Gasteiger partial charge in [0.2, 0.25) is 0 Å². The van der Waals surface area contributed by atoms with Crippen LogP contribution < -0.4 is 0 Å². The van der Waals surface area contributed by atoms with E-state index in [0.717, 1.165) is 13.2 Å². The van der Waals surface area contributed by atoms with Crippen LogP contribution in [0.25, 0.3) is 0 Å². The van der Waals surface area contributed by atoms with E-state index in [0.29, 0.717) is 17.6 Å². The highest BCUT2D eigenvalue weighted by molar-refractivity contribution is 5.00. The summed E-state index contributed by atoms with van der Waals surface area (Å²) in [4.78, 5) is 0. The lowest BCUT2D eigenvalue weighted by molar-refractivity contribution is 0.00844. The summed E-state index contributed by atoms with van der Waals surface area (Å²) >= 11 is 0. The number of hydrogen-bond acceptors (Lipinski definition) is 3. The Hall–Kier alpha value is -0.120. The summed E-state index contributed by atoms with van der Waals surface area (Å²) in [5, 5.41) is 4.56. The van der Waals surface area contributed by atoms with Crippen molar-refractivity contribution in [1.82, 2.24) is 10.0 Å². The summed E-state index contributed by atoms with van der Waals surface area (Å²) < 4.78 is 5.75. The van der Waals surface area contributed by atoms with Crippen LogP contribution in [0.15, 0.2) is 0 Å². The fourth-order valence-electron chi connectivity index (χ4n) is 2.50. The summed E-state index contributed by atoms with van der Waals surface area (Å²) in [5.74, 6) is 0. The first-order chi connectivity index (χ1) is 5.52. The summed E-state index contributed by atoms with van der Waals surface area (Å²) in [6.07, 6.45) is 0.426. The van der Waals surface area contributed by atoms with Gasteiger partial charge >= 0.3 is 0 Å². The van der Waals surface area contributed by atoms with Crippen LogP contribution in [0.4, 0.5) is 0 Å². The van der Waals surface area contributed by atoms with E-state index in [1.807, 2.05) is 0 Å². The average molecular weight is 170 g/mol. The zero-order valence-corrected chi connectivity index (χ0v) is 8.37. The first kappa shape index (κ1) is 8.48. The molecule has 2 aliphatic rings. The molecule has 2 atom stereocenters. The van der Waals surface area contributed by atoms with E-state index in [4.69, 9.17) is 4.74 Å². The topological polar surface area (TPSA) is 15.7 Å². The summed E-state index contributed by atoms with van der Waals surface area (Å²) in [5.41, 5.74) is 0.310. The Morgan fingerprint density at radius 1 is 1.33 bits per heavy atom. The van der Waals surface area contributed by atoms with Crippen LogP contribution in [-0.2, 0) is 4.74 Å². The largest absolute Gasteiger partial charge is 0.374 e. The molecule has 3 heteroatoms. The van der Waals surface area contributed by atoms with Crippen molar-refractivity contribution >= 4 is 0 Å². The molecule has 70 valence electrons. The lowest BCUT2D eigenvalue weighted by Gasteiger charge is -2.32.